The molecule has 1 aromatic rings. The first kappa shape index (κ1) is 27.2. The second-order valence-electron chi connectivity index (χ2n) is 8.01. The fourth-order valence-corrected chi connectivity index (χ4v) is 3.43. The average molecular weight is 544 g/mol. The van der Waals surface area contributed by atoms with Crippen molar-refractivity contribution in [3.05, 3.63) is 35.4 Å². The fraction of sp³-hybridized carbons (Fsp3) is 0.591. The van der Waals surface area contributed by atoms with E-state index in [2.05, 4.69) is 27.4 Å². The van der Waals surface area contributed by atoms with E-state index in [1.807, 2.05) is 24.3 Å². The van der Waals surface area contributed by atoms with Gasteiger partial charge < -0.3 is 20.4 Å². The zero-order valence-corrected chi connectivity index (χ0v) is 21.7. The van der Waals surface area contributed by atoms with Gasteiger partial charge in [-0.15, -0.1) is 24.0 Å². The molecule has 1 fully saturated rings. The maximum absolute atomic E-state index is 12.0. The maximum atomic E-state index is 12.0. The van der Waals surface area contributed by atoms with Gasteiger partial charge in [0.2, 0.25) is 5.91 Å². The van der Waals surface area contributed by atoms with Crippen molar-refractivity contribution in [2.24, 2.45) is 4.99 Å². The molecule has 2 rings (SSSR count). The number of halogens is 1. The molecule has 8 nitrogen and oxygen atoms in total. The second kappa shape index (κ2) is 13.5. The molecule has 0 aromatic heterocycles. The molecule has 0 bridgehead atoms. The molecule has 1 aliphatic rings. The minimum absolute atomic E-state index is 0. The number of hydrogen-bond donors (Lipinski definition) is 2. The summed E-state index contributed by atoms with van der Waals surface area (Å²) in [7, 11) is 6.96. The van der Waals surface area contributed by atoms with Crippen LogP contribution in [0.1, 0.15) is 35.7 Å². The van der Waals surface area contributed by atoms with Crippen molar-refractivity contribution < 1.29 is 9.59 Å². The minimum Gasteiger partial charge on any atom is -0.355 e. The third-order valence-corrected chi connectivity index (χ3v) is 5.34. The monoisotopic (exact) mass is 544 g/mol. The van der Waals surface area contributed by atoms with Crippen molar-refractivity contribution in [1.29, 1.82) is 0 Å². The van der Waals surface area contributed by atoms with E-state index in [1.165, 1.54) is 12.8 Å². The number of amides is 2. The molecule has 2 N–H and O–H groups in total. The van der Waals surface area contributed by atoms with Gasteiger partial charge >= 0.3 is 0 Å². The SMILES string of the molecule is CCN1CCCC1CNC(=NCc1ccc(C(=O)N(C)C)cc1)NCC(=O)N(C)C.I. The zero-order valence-electron chi connectivity index (χ0n) is 19.4. The van der Waals surface area contributed by atoms with Crippen LogP contribution in [-0.2, 0) is 11.3 Å². The van der Waals surface area contributed by atoms with Crippen LogP contribution < -0.4 is 10.6 Å². The molecule has 9 heteroatoms. The number of aliphatic imine (C=N–C) groups is 1. The summed E-state index contributed by atoms with van der Waals surface area (Å²) in [5.74, 6) is 0.599. The van der Waals surface area contributed by atoms with Crippen LogP contribution in [0.15, 0.2) is 29.3 Å². The van der Waals surface area contributed by atoms with E-state index in [0.717, 1.165) is 25.2 Å². The van der Waals surface area contributed by atoms with Crippen molar-refractivity contribution in [2.45, 2.75) is 32.4 Å². The number of carbonyl (C=O) groups is 2. The Morgan fingerprint density at radius 3 is 2.35 bits per heavy atom. The van der Waals surface area contributed by atoms with Crippen molar-refractivity contribution in [1.82, 2.24) is 25.3 Å². The lowest BCUT2D eigenvalue weighted by Gasteiger charge is -2.24. The predicted molar refractivity (Wildman–Crippen MR) is 136 cm³/mol. The highest BCUT2D eigenvalue weighted by atomic mass is 127. The van der Waals surface area contributed by atoms with Crippen molar-refractivity contribution in [3.8, 4) is 0 Å². The Morgan fingerprint density at radius 1 is 1.10 bits per heavy atom. The van der Waals surface area contributed by atoms with Crippen LogP contribution in [0.2, 0.25) is 0 Å². The lowest BCUT2D eigenvalue weighted by molar-refractivity contribution is -0.127. The Bertz CT molecular complexity index is 736. The third-order valence-electron chi connectivity index (χ3n) is 5.34. The number of nitrogens with one attached hydrogen (secondary N) is 2. The largest absolute Gasteiger partial charge is 0.355 e. The molecular weight excluding hydrogens is 507 g/mol. The van der Waals surface area contributed by atoms with Gasteiger partial charge in [0.05, 0.1) is 13.1 Å². The molecule has 174 valence electrons. The molecule has 31 heavy (non-hydrogen) atoms. The van der Waals surface area contributed by atoms with Crippen molar-refractivity contribution in [2.75, 3.05) is 54.4 Å². The summed E-state index contributed by atoms with van der Waals surface area (Å²) in [4.78, 5) is 34.2. The Labute approximate surface area is 203 Å². The lowest BCUT2D eigenvalue weighted by Crippen LogP contribution is -2.47. The van der Waals surface area contributed by atoms with Crippen LogP contribution >= 0.6 is 24.0 Å². The number of benzene rings is 1. The second-order valence-corrected chi connectivity index (χ2v) is 8.01. The number of likely N-dealkylation sites (tertiary alicyclic amines) is 1. The highest BCUT2D eigenvalue weighted by Crippen LogP contribution is 2.15. The molecule has 1 heterocycles. The van der Waals surface area contributed by atoms with Gasteiger partial charge in [0.25, 0.3) is 5.91 Å². The van der Waals surface area contributed by atoms with Crippen molar-refractivity contribution >= 4 is 41.8 Å². The Balaban J connectivity index is 0.00000480. The van der Waals surface area contributed by atoms with E-state index < -0.39 is 0 Å². The number of likely N-dealkylation sites (N-methyl/N-ethyl adjacent to an activating group) is 2. The van der Waals surface area contributed by atoms with E-state index in [4.69, 9.17) is 0 Å². The molecule has 0 saturated carbocycles. The number of nitrogens with zero attached hydrogens (tertiary/aromatic N) is 4. The number of hydrogen-bond acceptors (Lipinski definition) is 4. The molecule has 1 aromatic carbocycles. The van der Waals surface area contributed by atoms with E-state index in [1.54, 1.807) is 38.0 Å². The molecule has 1 unspecified atom stereocenters. The molecule has 0 aliphatic carbocycles. The van der Waals surface area contributed by atoms with Crippen LogP contribution in [0.5, 0.6) is 0 Å². The first-order chi connectivity index (χ1) is 14.3. The summed E-state index contributed by atoms with van der Waals surface area (Å²) in [6.45, 7) is 5.82. The molecule has 0 spiro atoms. The zero-order chi connectivity index (χ0) is 22.1. The Kier molecular flexibility index (Phi) is 11.8. The molecule has 2 amide bonds. The lowest BCUT2D eigenvalue weighted by atomic mass is 10.1. The van der Waals surface area contributed by atoms with Crippen LogP contribution in [-0.4, -0.2) is 92.9 Å². The quantitative estimate of drug-likeness (QED) is 0.296. The summed E-state index contributed by atoms with van der Waals surface area (Å²) >= 11 is 0. The van der Waals surface area contributed by atoms with E-state index in [0.29, 0.717) is 24.1 Å². The number of carbonyl (C=O) groups excluding carboxylic acids is 2. The van der Waals surface area contributed by atoms with Crippen LogP contribution in [0, 0.1) is 0 Å². The summed E-state index contributed by atoms with van der Waals surface area (Å²) in [5, 5.41) is 6.54. The summed E-state index contributed by atoms with van der Waals surface area (Å²) in [6.07, 6.45) is 2.39. The molecule has 1 saturated heterocycles. The van der Waals surface area contributed by atoms with Crippen LogP contribution in [0.3, 0.4) is 0 Å². The van der Waals surface area contributed by atoms with Crippen LogP contribution in [0.25, 0.3) is 0 Å². The average Bonchev–Trinajstić information content (AvgIpc) is 3.20. The van der Waals surface area contributed by atoms with Gasteiger partial charge in [-0.25, -0.2) is 4.99 Å². The topological polar surface area (TPSA) is 80.3 Å². The van der Waals surface area contributed by atoms with Gasteiger partial charge in [-0.2, -0.15) is 0 Å². The molecule has 1 aliphatic heterocycles. The van der Waals surface area contributed by atoms with E-state index in [9.17, 15) is 9.59 Å². The molecule has 0 radical (unpaired) electrons. The standard InChI is InChI=1S/C22H36N6O2.HI/c1-6-28-13-7-8-19(28)15-24-22(25-16-20(29)26(2)3)23-14-17-9-11-18(12-10-17)21(30)27(4)5;/h9-12,19H,6-8,13-16H2,1-5H3,(H2,23,24,25);1H. The first-order valence-electron chi connectivity index (χ1n) is 10.6. The first-order valence-corrected chi connectivity index (χ1v) is 10.6. The molecular formula is C22H37IN6O2. The van der Waals surface area contributed by atoms with Crippen LogP contribution in [0.4, 0.5) is 0 Å². The Morgan fingerprint density at radius 2 is 1.77 bits per heavy atom. The van der Waals surface area contributed by atoms with Crippen molar-refractivity contribution in [3.63, 3.8) is 0 Å². The third kappa shape index (κ3) is 8.64. The smallest absolute Gasteiger partial charge is 0.253 e. The van der Waals surface area contributed by atoms with Gasteiger partial charge in [0.15, 0.2) is 5.96 Å². The highest BCUT2D eigenvalue weighted by molar-refractivity contribution is 14.0. The fourth-order valence-electron chi connectivity index (χ4n) is 3.43. The number of guanidine groups is 1. The molecule has 1 atom stereocenters. The summed E-state index contributed by atoms with van der Waals surface area (Å²) < 4.78 is 0. The maximum Gasteiger partial charge on any atom is 0.253 e. The van der Waals surface area contributed by atoms with E-state index in [-0.39, 0.29) is 42.3 Å². The van der Waals surface area contributed by atoms with Gasteiger partial charge in [-0.05, 0) is 43.6 Å². The summed E-state index contributed by atoms with van der Waals surface area (Å²) in [6, 6.07) is 7.96. The van der Waals surface area contributed by atoms with E-state index >= 15 is 0 Å². The summed E-state index contributed by atoms with van der Waals surface area (Å²) in [5.41, 5.74) is 1.66. The predicted octanol–water partition coefficient (Wildman–Crippen LogP) is 1.61. The normalized spacial score (nSPS) is 16.4. The van der Waals surface area contributed by atoms with Gasteiger partial charge in [0, 0.05) is 46.3 Å². The van der Waals surface area contributed by atoms with Gasteiger partial charge in [-0.3, -0.25) is 14.5 Å². The number of rotatable bonds is 8. The van der Waals surface area contributed by atoms with Gasteiger partial charge in [-0.1, -0.05) is 19.1 Å². The van der Waals surface area contributed by atoms with Gasteiger partial charge in [0.1, 0.15) is 0 Å². The Hall–Kier alpha value is -1.88. The minimum atomic E-state index is -0.0201. The highest BCUT2D eigenvalue weighted by Gasteiger charge is 2.22.